The number of halogens is 1. The zero-order valence-corrected chi connectivity index (χ0v) is 12.0. The molecule has 7 heteroatoms. The molecule has 3 atom stereocenters. The lowest BCUT2D eigenvalue weighted by Crippen LogP contribution is -2.51. The van der Waals surface area contributed by atoms with E-state index in [1.54, 1.807) is 4.31 Å². The van der Waals surface area contributed by atoms with Gasteiger partial charge in [-0.15, -0.1) is 12.4 Å². The number of nitrogens with one attached hydrogen (secondary N) is 1. The number of nitrogens with zero attached hydrogens (tertiary/aromatic N) is 1. The summed E-state index contributed by atoms with van der Waals surface area (Å²) in [5.74, 6) is 1.06. The highest BCUT2D eigenvalue weighted by Gasteiger charge is 2.45. The predicted molar refractivity (Wildman–Crippen MR) is 72.7 cm³/mol. The van der Waals surface area contributed by atoms with Gasteiger partial charge in [-0.1, -0.05) is 0 Å². The molecule has 2 aliphatic carbocycles. The van der Waals surface area contributed by atoms with Crippen molar-refractivity contribution < 1.29 is 8.42 Å². The highest BCUT2D eigenvalue weighted by molar-refractivity contribution is 7.87. The molecule has 0 aromatic heterocycles. The molecule has 2 saturated carbocycles. The van der Waals surface area contributed by atoms with Gasteiger partial charge >= 0.3 is 0 Å². The zero-order valence-electron chi connectivity index (χ0n) is 10.4. The van der Waals surface area contributed by atoms with Crippen LogP contribution in [0.5, 0.6) is 0 Å². The summed E-state index contributed by atoms with van der Waals surface area (Å²) in [6, 6.07) is 0.189. The number of rotatable bonds is 5. The van der Waals surface area contributed by atoms with Crippen LogP contribution in [0.1, 0.15) is 32.1 Å². The van der Waals surface area contributed by atoms with Crippen LogP contribution in [0, 0.1) is 11.8 Å². The maximum absolute atomic E-state index is 12.3. The van der Waals surface area contributed by atoms with E-state index in [0.29, 0.717) is 24.9 Å². The molecule has 3 aliphatic rings. The van der Waals surface area contributed by atoms with Crippen molar-refractivity contribution in [2.45, 2.75) is 44.2 Å². The van der Waals surface area contributed by atoms with Gasteiger partial charge in [0.05, 0.1) is 0 Å². The number of hydrogen-bond donors (Lipinski definition) is 2. The Morgan fingerprint density at radius 3 is 2.44 bits per heavy atom. The molecule has 0 aromatic rings. The Bertz CT molecular complexity index is 399. The minimum Gasteiger partial charge on any atom is -0.329 e. The van der Waals surface area contributed by atoms with E-state index >= 15 is 0 Å². The molecule has 0 radical (unpaired) electrons. The number of nitrogens with two attached hydrogens (primary N) is 1. The SMILES string of the molecule is Cl.NCC(NS(=O)(=O)N1CC2CCC1C2)C1CC1. The van der Waals surface area contributed by atoms with Crippen molar-refractivity contribution in [3.8, 4) is 0 Å². The fourth-order valence-electron chi connectivity index (χ4n) is 3.27. The van der Waals surface area contributed by atoms with Gasteiger partial charge in [0, 0.05) is 25.2 Å². The summed E-state index contributed by atoms with van der Waals surface area (Å²) in [7, 11) is -3.30. The Balaban J connectivity index is 0.00000120. The first kappa shape index (κ1) is 14.5. The standard InChI is InChI=1S/C11H21N3O2S.ClH/c12-6-11(9-2-3-9)13-17(15,16)14-7-8-1-4-10(14)5-8;/h8-11,13H,1-7,12H2;1H. The normalized spacial score (nSPS) is 33.4. The first-order valence-electron chi connectivity index (χ1n) is 6.59. The van der Waals surface area contributed by atoms with E-state index in [-0.39, 0.29) is 24.5 Å². The lowest BCUT2D eigenvalue weighted by atomic mass is 10.1. The highest BCUT2D eigenvalue weighted by Crippen LogP contribution is 2.39. The van der Waals surface area contributed by atoms with E-state index in [4.69, 9.17) is 5.73 Å². The van der Waals surface area contributed by atoms with Crippen LogP contribution in [0.4, 0.5) is 0 Å². The van der Waals surface area contributed by atoms with Gasteiger partial charge in [-0.3, -0.25) is 0 Å². The molecule has 3 unspecified atom stereocenters. The summed E-state index contributed by atoms with van der Waals surface area (Å²) in [5.41, 5.74) is 5.65. The Morgan fingerprint density at radius 2 is 2.00 bits per heavy atom. The van der Waals surface area contributed by atoms with Gasteiger partial charge in [0.1, 0.15) is 0 Å². The molecule has 18 heavy (non-hydrogen) atoms. The first-order chi connectivity index (χ1) is 8.10. The molecule has 2 bridgehead atoms. The van der Waals surface area contributed by atoms with E-state index in [2.05, 4.69) is 4.72 Å². The van der Waals surface area contributed by atoms with Crippen molar-refractivity contribution in [2.75, 3.05) is 13.1 Å². The highest BCUT2D eigenvalue weighted by atomic mass is 35.5. The number of hydrogen-bond acceptors (Lipinski definition) is 3. The van der Waals surface area contributed by atoms with E-state index in [1.807, 2.05) is 0 Å². The first-order valence-corrected chi connectivity index (χ1v) is 8.03. The second-order valence-electron chi connectivity index (χ2n) is 5.71. The molecule has 5 nitrogen and oxygen atoms in total. The maximum Gasteiger partial charge on any atom is 0.280 e. The average Bonchev–Trinajstić information content (AvgIpc) is 2.92. The lowest BCUT2D eigenvalue weighted by molar-refractivity contribution is 0.324. The van der Waals surface area contributed by atoms with Crippen molar-refractivity contribution >= 4 is 22.6 Å². The molecule has 1 aliphatic heterocycles. The van der Waals surface area contributed by atoms with E-state index in [0.717, 1.165) is 25.7 Å². The van der Waals surface area contributed by atoms with Gasteiger partial charge in [0.25, 0.3) is 10.2 Å². The molecule has 1 heterocycles. The number of piperidine rings is 1. The lowest BCUT2D eigenvalue weighted by Gasteiger charge is -2.28. The van der Waals surface area contributed by atoms with Crippen molar-refractivity contribution in [3.63, 3.8) is 0 Å². The zero-order chi connectivity index (χ0) is 12.0. The second kappa shape index (κ2) is 5.25. The molecule has 3 N–H and O–H groups in total. The molecular formula is C11H22ClN3O2S. The van der Waals surface area contributed by atoms with Gasteiger partial charge in [-0.25, -0.2) is 0 Å². The Labute approximate surface area is 115 Å². The van der Waals surface area contributed by atoms with Crippen LogP contribution in [0.15, 0.2) is 0 Å². The monoisotopic (exact) mass is 295 g/mol. The van der Waals surface area contributed by atoms with Crippen LogP contribution < -0.4 is 10.5 Å². The summed E-state index contributed by atoms with van der Waals surface area (Å²) >= 11 is 0. The largest absolute Gasteiger partial charge is 0.329 e. The molecule has 0 aromatic carbocycles. The van der Waals surface area contributed by atoms with E-state index in [1.165, 1.54) is 6.42 Å². The Morgan fingerprint density at radius 1 is 1.28 bits per heavy atom. The smallest absolute Gasteiger partial charge is 0.280 e. The van der Waals surface area contributed by atoms with Crippen molar-refractivity contribution in [2.24, 2.45) is 17.6 Å². The number of fused-ring (bicyclic) bond motifs is 2. The van der Waals surface area contributed by atoms with Crippen LogP contribution in [0.3, 0.4) is 0 Å². The summed E-state index contributed by atoms with van der Waals surface area (Å²) in [6.07, 6.45) is 5.49. The summed E-state index contributed by atoms with van der Waals surface area (Å²) in [4.78, 5) is 0. The third kappa shape index (κ3) is 2.67. The molecular weight excluding hydrogens is 274 g/mol. The van der Waals surface area contributed by atoms with E-state index < -0.39 is 10.2 Å². The summed E-state index contributed by atoms with van der Waals surface area (Å²) in [6.45, 7) is 1.12. The summed E-state index contributed by atoms with van der Waals surface area (Å²) < 4.78 is 29.0. The molecule has 3 fully saturated rings. The minimum absolute atomic E-state index is 0. The third-order valence-electron chi connectivity index (χ3n) is 4.41. The van der Waals surface area contributed by atoms with Crippen molar-refractivity contribution in [1.29, 1.82) is 0 Å². The molecule has 0 amide bonds. The van der Waals surface area contributed by atoms with Crippen LogP contribution in [0.25, 0.3) is 0 Å². The summed E-state index contributed by atoms with van der Waals surface area (Å²) in [5, 5.41) is 0. The van der Waals surface area contributed by atoms with Gasteiger partial charge in [-0.2, -0.15) is 17.4 Å². The van der Waals surface area contributed by atoms with Crippen LogP contribution in [0.2, 0.25) is 0 Å². The van der Waals surface area contributed by atoms with Crippen LogP contribution in [-0.4, -0.2) is 37.9 Å². The average molecular weight is 296 g/mol. The van der Waals surface area contributed by atoms with Gasteiger partial charge in [0.2, 0.25) is 0 Å². The van der Waals surface area contributed by atoms with E-state index in [9.17, 15) is 8.42 Å². The third-order valence-corrected chi connectivity index (χ3v) is 6.08. The molecule has 1 saturated heterocycles. The van der Waals surface area contributed by atoms with Crippen LogP contribution in [-0.2, 0) is 10.2 Å². The Kier molecular flexibility index (Phi) is 4.23. The fraction of sp³-hybridized carbons (Fsp3) is 1.00. The fourth-order valence-corrected chi connectivity index (χ4v) is 5.07. The van der Waals surface area contributed by atoms with Gasteiger partial charge < -0.3 is 5.73 Å². The predicted octanol–water partition coefficient (Wildman–Crippen LogP) is 0.464. The Hall–Kier alpha value is 0.120. The maximum atomic E-state index is 12.3. The quantitative estimate of drug-likeness (QED) is 0.774. The molecule has 3 rings (SSSR count). The van der Waals surface area contributed by atoms with Crippen molar-refractivity contribution in [3.05, 3.63) is 0 Å². The molecule has 0 spiro atoms. The van der Waals surface area contributed by atoms with Gasteiger partial charge in [0.15, 0.2) is 0 Å². The minimum atomic E-state index is -3.30. The van der Waals surface area contributed by atoms with Gasteiger partial charge in [-0.05, 0) is 43.9 Å². The topological polar surface area (TPSA) is 75.4 Å². The van der Waals surface area contributed by atoms with Crippen molar-refractivity contribution in [1.82, 2.24) is 9.03 Å². The van der Waals surface area contributed by atoms with Crippen LogP contribution >= 0.6 is 12.4 Å². The molecule has 106 valence electrons. The second-order valence-corrected chi connectivity index (χ2v) is 7.36.